The molecule has 31 heavy (non-hydrogen) atoms. The minimum Gasteiger partial charge on any atom is -0.491 e. The number of benzene rings is 2. The first-order chi connectivity index (χ1) is 14.9. The Balaban J connectivity index is 1.56. The highest BCUT2D eigenvalue weighted by Gasteiger charge is 2.42. The fourth-order valence-corrected chi connectivity index (χ4v) is 5.99. The molecule has 1 saturated heterocycles. The molecule has 3 heterocycles. The van der Waals surface area contributed by atoms with Crippen molar-refractivity contribution in [3.05, 3.63) is 53.8 Å². The molecule has 2 aliphatic rings. The van der Waals surface area contributed by atoms with Crippen LogP contribution in [0.15, 0.2) is 56.7 Å². The predicted molar refractivity (Wildman–Crippen MR) is 117 cm³/mol. The molecule has 2 aliphatic heterocycles. The van der Waals surface area contributed by atoms with E-state index in [1.807, 2.05) is 19.9 Å². The molecule has 0 bridgehead atoms. The van der Waals surface area contributed by atoms with Gasteiger partial charge in [-0.15, -0.1) is 0 Å². The number of sulfone groups is 1. The second kappa shape index (κ2) is 7.65. The van der Waals surface area contributed by atoms with Gasteiger partial charge in [0.25, 0.3) is 0 Å². The van der Waals surface area contributed by atoms with Gasteiger partial charge in [-0.1, -0.05) is 6.07 Å². The molecule has 3 aromatic rings. The highest BCUT2D eigenvalue weighted by atomic mass is 32.2. The van der Waals surface area contributed by atoms with Crippen molar-refractivity contribution >= 4 is 20.8 Å². The molecule has 0 aliphatic carbocycles. The van der Waals surface area contributed by atoms with Gasteiger partial charge in [-0.25, -0.2) is 8.42 Å². The van der Waals surface area contributed by atoms with Crippen molar-refractivity contribution in [2.75, 3.05) is 19.8 Å². The van der Waals surface area contributed by atoms with Crippen LogP contribution < -0.4 is 10.1 Å². The van der Waals surface area contributed by atoms with Crippen LogP contribution in [0.3, 0.4) is 0 Å². The number of nitrogens with one attached hydrogen (secondary N) is 1. The molecular formula is C24H27NO5S. The van der Waals surface area contributed by atoms with E-state index in [1.54, 1.807) is 36.4 Å². The van der Waals surface area contributed by atoms with Gasteiger partial charge in [-0.2, -0.15) is 0 Å². The summed E-state index contributed by atoms with van der Waals surface area (Å²) in [6, 6.07) is 11.8. The predicted octanol–water partition coefficient (Wildman–Crippen LogP) is 4.20. The number of hydrogen-bond acceptors (Lipinski definition) is 6. The van der Waals surface area contributed by atoms with Gasteiger partial charge in [0, 0.05) is 30.2 Å². The maximum atomic E-state index is 13.3. The zero-order valence-corrected chi connectivity index (χ0v) is 18.6. The molecule has 6 nitrogen and oxygen atoms in total. The summed E-state index contributed by atoms with van der Waals surface area (Å²) in [5.41, 5.74) is 1.46. The molecule has 1 spiro atoms. The molecule has 1 aromatic heterocycles. The molecule has 1 N–H and O–H groups in total. The Morgan fingerprint density at radius 2 is 1.97 bits per heavy atom. The van der Waals surface area contributed by atoms with Crippen molar-refractivity contribution in [3.8, 4) is 5.75 Å². The quantitative estimate of drug-likeness (QED) is 0.654. The Hall–Kier alpha value is -2.35. The maximum absolute atomic E-state index is 13.3. The van der Waals surface area contributed by atoms with Crippen molar-refractivity contribution in [1.29, 1.82) is 0 Å². The Kier molecular flexibility index (Phi) is 5.07. The largest absolute Gasteiger partial charge is 0.491 e. The fourth-order valence-electron chi connectivity index (χ4n) is 4.68. The van der Waals surface area contributed by atoms with Crippen LogP contribution in [-0.4, -0.2) is 34.3 Å². The standard InChI is InChI=1S/C24H27NO5S/c1-16(2)29-17-5-3-6-18(13-17)31(26,27)19-7-8-20-21-9-11-25-24(10-4-12-28-15-24)23(21)30-22(20)14-19/h3,5-8,13-14,16,25H,4,9-12,15H2,1-2H3. The highest BCUT2D eigenvalue weighted by Crippen LogP contribution is 2.41. The zero-order chi connectivity index (χ0) is 21.6. The maximum Gasteiger partial charge on any atom is 0.206 e. The van der Waals surface area contributed by atoms with E-state index in [-0.39, 0.29) is 21.4 Å². The number of fused-ring (bicyclic) bond motifs is 4. The van der Waals surface area contributed by atoms with Crippen molar-refractivity contribution in [2.24, 2.45) is 0 Å². The van der Waals surface area contributed by atoms with Crippen molar-refractivity contribution in [1.82, 2.24) is 5.32 Å². The lowest BCUT2D eigenvalue weighted by atomic mass is 9.83. The summed E-state index contributed by atoms with van der Waals surface area (Å²) in [7, 11) is -3.70. The molecule has 5 rings (SSSR count). The van der Waals surface area contributed by atoms with Gasteiger partial charge >= 0.3 is 0 Å². The normalized spacial score (nSPS) is 21.5. The Morgan fingerprint density at radius 1 is 1.13 bits per heavy atom. The topological polar surface area (TPSA) is 77.8 Å². The van der Waals surface area contributed by atoms with Crippen molar-refractivity contribution in [3.63, 3.8) is 0 Å². The van der Waals surface area contributed by atoms with Gasteiger partial charge in [-0.05, 0) is 63.4 Å². The second-order valence-electron chi connectivity index (χ2n) is 8.63. The number of furan rings is 1. The summed E-state index contributed by atoms with van der Waals surface area (Å²) in [5.74, 6) is 1.44. The molecule has 0 amide bonds. The molecule has 0 saturated carbocycles. The van der Waals surface area contributed by atoms with Gasteiger partial charge in [0.15, 0.2) is 0 Å². The molecule has 0 radical (unpaired) electrons. The van der Waals surface area contributed by atoms with Gasteiger partial charge in [0.2, 0.25) is 9.84 Å². The minimum absolute atomic E-state index is 0.0339. The number of hydrogen-bond donors (Lipinski definition) is 1. The third-order valence-corrected chi connectivity index (χ3v) is 7.82. The van der Waals surface area contributed by atoms with Gasteiger partial charge in [0.05, 0.1) is 22.5 Å². The van der Waals surface area contributed by atoms with Crippen LogP contribution in [0.4, 0.5) is 0 Å². The van der Waals surface area contributed by atoms with E-state index in [9.17, 15) is 8.42 Å². The first-order valence-corrected chi connectivity index (χ1v) is 12.3. The Bertz CT molecular complexity index is 1220. The summed E-state index contributed by atoms with van der Waals surface area (Å²) in [6.07, 6.45) is 2.74. The molecule has 1 unspecified atom stereocenters. The lowest BCUT2D eigenvalue weighted by Crippen LogP contribution is -2.52. The van der Waals surface area contributed by atoms with Crippen LogP contribution in [0.5, 0.6) is 5.75 Å². The van der Waals surface area contributed by atoms with Gasteiger partial charge in [0.1, 0.15) is 22.6 Å². The van der Waals surface area contributed by atoms with Crippen molar-refractivity contribution < 1.29 is 22.3 Å². The van der Waals surface area contributed by atoms with E-state index in [0.717, 1.165) is 49.1 Å². The molecule has 1 atom stereocenters. The van der Waals surface area contributed by atoms with E-state index in [0.29, 0.717) is 17.9 Å². The van der Waals surface area contributed by atoms with Gasteiger partial charge < -0.3 is 19.2 Å². The third-order valence-electron chi connectivity index (χ3n) is 6.08. The van der Waals surface area contributed by atoms with E-state index in [2.05, 4.69) is 5.32 Å². The summed E-state index contributed by atoms with van der Waals surface area (Å²) < 4.78 is 44.4. The summed E-state index contributed by atoms with van der Waals surface area (Å²) >= 11 is 0. The lowest BCUT2D eigenvalue weighted by Gasteiger charge is -2.39. The highest BCUT2D eigenvalue weighted by molar-refractivity contribution is 7.91. The molecule has 1 fully saturated rings. The van der Waals surface area contributed by atoms with Gasteiger partial charge in [-0.3, -0.25) is 0 Å². The van der Waals surface area contributed by atoms with Crippen LogP contribution >= 0.6 is 0 Å². The number of ether oxygens (including phenoxy) is 2. The van der Waals surface area contributed by atoms with E-state index >= 15 is 0 Å². The average Bonchev–Trinajstić information content (AvgIpc) is 3.14. The monoisotopic (exact) mass is 441 g/mol. The molecular weight excluding hydrogens is 414 g/mol. The Morgan fingerprint density at radius 3 is 2.74 bits per heavy atom. The van der Waals surface area contributed by atoms with Crippen LogP contribution in [0.25, 0.3) is 11.0 Å². The lowest BCUT2D eigenvalue weighted by molar-refractivity contribution is 0.00539. The average molecular weight is 442 g/mol. The first-order valence-electron chi connectivity index (χ1n) is 10.8. The number of rotatable bonds is 4. The second-order valence-corrected chi connectivity index (χ2v) is 10.6. The minimum atomic E-state index is -3.70. The first kappa shape index (κ1) is 20.5. The zero-order valence-electron chi connectivity index (χ0n) is 17.8. The smallest absolute Gasteiger partial charge is 0.206 e. The summed E-state index contributed by atoms with van der Waals surface area (Å²) in [6.45, 7) is 6.02. The summed E-state index contributed by atoms with van der Waals surface area (Å²) in [5, 5.41) is 4.58. The fraction of sp³-hybridized carbons (Fsp3) is 0.417. The van der Waals surface area contributed by atoms with E-state index < -0.39 is 9.84 Å². The SMILES string of the molecule is CC(C)Oc1cccc(S(=O)(=O)c2ccc3c4c(oc3c2)C2(CCCOC2)NCC4)c1. The van der Waals surface area contributed by atoms with Crippen LogP contribution in [0.1, 0.15) is 38.0 Å². The Labute approximate surface area is 182 Å². The van der Waals surface area contributed by atoms with Crippen LogP contribution in [0.2, 0.25) is 0 Å². The molecule has 2 aromatic carbocycles. The van der Waals surface area contributed by atoms with Crippen LogP contribution in [0, 0.1) is 0 Å². The van der Waals surface area contributed by atoms with Crippen LogP contribution in [-0.2, 0) is 26.5 Å². The third kappa shape index (κ3) is 3.54. The van der Waals surface area contributed by atoms with E-state index in [4.69, 9.17) is 13.9 Å². The molecule has 7 heteroatoms. The van der Waals surface area contributed by atoms with Crippen molar-refractivity contribution in [2.45, 2.75) is 54.5 Å². The van der Waals surface area contributed by atoms with E-state index in [1.165, 1.54) is 0 Å². The molecule has 164 valence electrons. The summed E-state index contributed by atoms with van der Waals surface area (Å²) in [4.78, 5) is 0.426.